The van der Waals surface area contributed by atoms with Gasteiger partial charge in [-0.2, -0.15) is 0 Å². The molecule has 0 spiro atoms. The zero-order chi connectivity index (χ0) is 5.91. The molecule has 0 saturated carbocycles. The first kappa shape index (κ1) is 7.21. The molecule has 5 heteroatoms. The predicted molar refractivity (Wildman–Crippen MR) is 27.4 cm³/mol. The second-order valence-corrected chi connectivity index (χ2v) is 3.18. The monoisotopic (exact) mass is 120 g/mol. The first-order valence-corrected chi connectivity index (χ1v) is 3.63. The van der Waals surface area contributed by atoms with Crippen LogP contribution in [0, 0.1) is 0 Å². The summed E-state index contributed by atoms with van der Waals surface area (Å²) in [6.45, 7) is 1.28. The van der Waals surface area contributed by atoms with Crippen LogP contribution in [0.5, 0.6) is 0 Å². The van der Waals surface area contributed by atoms with Crippen molar-refractivity contribution in [3.63, 3.8) is 0 Å². The minimum atomic E-state index is -2.88. The van der Waals surface area contributed by atoms with Gasteiger partial charge in [-0.05, 0) is 0 Å². The summed E-state index contributed by atoms with van der Waals surface area (Å²) in [5.74, 6) is 0. The van der Waals surface area contributed by atoms with E-state index < -0.39 is 7.60 Å². The van der Waals surface area contributed by atoms with Crippen LogP contribution in [0.15, 0.2) is 0 Å². The number of rotatable bonds is 2. The molecule has 0 aromatic heterocycles. The molecule has 0 aromatic rings. The maximum atomic E-state index is 10.4. The number of hydrogen-bond donors (Lipinski definition) is 0. The molecule has 0 aromatic carbocycles. The van der Waals surface area contributed by atoms with Gasteiger partial charge in [0.15, 0.2) is 0 Å². The normalized spacial score (nSPS) is 18.6. The molecule has 0 amide bonds. The molecule has 0 aliphatic carbocycles. The Balaban J connectivity index is 3.61. The highest BCUT2D eigenvalue weighted by Gasteiger charge is 2.08. The van der Waals surface area contributed by atoms with Gasteiger partial charge in [-0.15, -0.1) is 0 Å². The van der Waals surface area contributed by atoms with Crippen LogP contribution >= 0.6 is 7.60 Å². The Kier molecular flexibility index (Phi) is 2.58. The van der Waals surface area contributed by atoms with Crippen LogP contribution < -0.4 is 0 Å². The highest BCUT2D eigenvalue weighted by molar-refractivity contribution is 7.53. The minimum Gasteiger partial charge on any atom is -0.383 e. The molecule has 0 rings (SSSR count). The smallest absolute Gasteiger partial charge is 0.312 e. The molecule has 0 bridgehead atoms. The third-order valence-corrected chi connectivity index (χ3v) is 1.57. The molecule has 0 N–H and O–H groups in total. The summed E-state index contributed by atoms with van der Waals surface area (Å²) < 4.78 is 18.6. The summed E-state index contributed by atoms with van der Waals surface area (Å²) in [5.41, 5.74) is 0. The maximum absolute atomic E-state index is 10.4. The molecule has 0 fully saturated rings. The predicted octanol–water partition coefficient (Wildman–Crippen LogP) is 0.556. The standard InChI is InChI=1S/C2H6BO3P/c1-5-7(2,4)6-3/h1-2H3. The first-order valence-electron chi connectivity index (χ1n) is 1.64. The van der Waals surface area contributed by atoms with E-state index in [1.165, 1.54) is 13.8 Å². The van der Waals surface area contributed by atoms with E-state index in [-0.39, 0.29) is 0 Å². The lowest BCUT2D eigenvalue weighted by molar-refractivity contribution is 0.337. The Bertz CT molecular complexity index is 84.9. The van der Waals surface area contributed by atoms with E-state index in [4.69, 9.17) is 0 Å². The van der Waals surface area contributed by atoms with Crippen molar-refractivity contribution < 1.29 is 13.5 Å². The Labute approximate surface area is 44.0 Å². The molecular weight excluding hydrogens is 114 g/mol. The van der Waals surface area contributed by atoms with Crippen molar-refractivity contribution in [2.75, 3.05) is 13.8 Å². The zero-order valence-electron chi connectivity index (χ0n) is 4.25. The van der Waals surface area contributed by atoms with Crippen molar-refractivity contribution in [1.82, 2.24) is 0 Å². The molecule has 2 radical (unpaired) electrons. The van der Waals surface area contributed by atoms with Gasteiger partial charge in [-0.1, -0.05) is 0 Å². The summed E-state index contributed by atoms with van der Waals surface area (Å²) in [5, 5.41) is 0. The van der Waals surface area contributed by atoms with Gasteiger partial charge in [0, 0.05) is 13.8 Å². The van der Waals surface area contributed by atoms with Gasteiger partial charge in [0.25, 0.3) is 8.05 Å². The SMILES string of the molecule is [B]OP(C)(=O)OC. The van der Waals surface area contributed by atoms with E-state index in [0.717, 1.165) is 0 Å². The molecular formula is C2H6BO3P. The average Bonchev–Trinajstić information content (AvgIpc) is 1.68. The summed E-state index contributed by atoms with van der Waals surface area (Å²) in [7, 11) is 2.92. The lowest BCUT2D eigenvalue weighted by atomic mass is 10.6. The molecule has 40 valence electrons. The van der Waals surface area contributed by atoms with Crippen LogP contribution in [0.3, 0.4) is 0 Å². The van der Waals surface area contributed by atoms with Gasteiger partial charge in [0.1, 0.15) is 0 Å². The Hall–Kier alpha value is 0.215. The third kappa shape index (κ3) is 2.86. The molecule has 1 atom stereocenters. The quantitative estimate of drug-likeness (QED) is 0.394. The average molecular weight is 120 g/mol. The molecule has 3 nitrogen and oxygen atoms in total. The molecule has 0 aliphatic rings. The first-order chi connectivity index (χ1) is 3.12. The molecule has 0 saturated heterocycles. The van der Waals surface area contributed by atoms with E-state index in [0.29, 0.717) is 0 Å². The molecule has 7 heavy (non-hydrogen) atoms. The van der Waals surface area contributed by atoms with Crippen LogP contribution in [0.25, 0.3) is 0 Å². The Morgan fingerprint density at radius 2 is 2.14 bits per heavy atom. The van der Waals surface area contributed by atoms with Gasteiger partial charge in [0.05, 0.1) is 0 Å². The van der Waals surface area contributed by atoms with E-state index in [1.54, 1.807) is 0 Å². The fraction of sp³-hybridized carbons (Fsp3) is 1.00. The number of hydrogen-bond acceptors (Lipinski definition) is 3. The largest absolute Gasteiger partial charge is 0.383 e. The summed E-state index contributed by atoms with van der Waals surface area (Å²) >= 11 is 0. The lowest BCUT2D eigenvalue weighted by Crippen LogP contribution is -1.83. The molecule has 1 unspecified atom stereocenters. The van der Waals surface area contributed by atoms with Gasteiger partial charge < -0.3 is 8.96 Å². The van der Waals surface area contributed by atoms with E-state index >= 15 is 0 Å². The highest BCUT2D eigenvalue weighted by atomic mass is 31.2. The van der Waals surface area contributed by atoms with Crippen molar-refractivity contribution >= 4 is 15.6 Å². The van der Waals surface area contributed by atoms with Crippen molar-refractivity contribution in [1.29, 1.82) is 0 Å². The van der Waals surface area contributed by atoms with Crippen molar-refractivity contribution in [3.8, 4) is 0 Å². The van der Waals surface area contributed by atoms with Crippen LogP contribution in [-0.4, -0.2) is 21.8 Å². The van der Waals surface area contributed by atoms with Crippen LogP contribution in [0.4, 0.5) is 0 Å². The molecule has 0 heterocycles. The Morgan fingerprint density at radius 3 is 2.14 bits per heavy atom. The second-order valence-electron chi connectivity index (χ2n) is 1.06. The lowest BCUT2D eigenvalue weighted by Gasteiger charge is -2.05. The highest BCUT2D eigenvalue weighted by Crippen LogP contribution is 2.40. The summed E-state index contributed by atoms with van der Waals surface area (Å²) in [6.07, 6.45) is 0. The molecule has 0 aliphatic heterocycles. The van der Waals surface area contributed by atoms with E-state index in [9.17, 15) is 4.57 Å². The van der Waals surface area contributed by atoms with Crippen LogP contribution in [0.2, 0.25) is 0 Å². The van der Waals surface area contributed by atoms with Gasteiger partial charge in [-0.25, -0.2) is 0 Å². The van der Waals surface area contributed by atoms with Gasteiger partial charge >= 0.3 is 7.60 Å². The Morgan fingerprint density at radius 1 is 1.71 bits per heavy atom. The van der Waals surface area contributed by atoms with Crippen LogP contribution in [-0.2, 0) is 13.5 Å². The van der Waals surface area contributed by atoms with Crippen molar-refractivity contribution in [2.24, 2.45) is 0 Å². The van der Waals surface area contributed by atoms with Crippen molar-refractivity contribution in [3.05, 3.63) is 0 Å². The fourth-order valence-electron chi connectivity index (χ4n) is 0.0430. The van der Waals surface area contributed by atoms with Gasteiger partial charge in [0.2, 0.25) is 0 Å². The zero-order valence-corrected chi connectivity index (χ0v) is 5.14. The van der Waals surface area contributed by atoms with E-state index in [2.05, 4.69) is 17.0 Å². The van der Waals surface area contributed by atoms with Gasteiger partial charge in [-0.3, -0.25) is 4.57 Å². The third-order valence-electron chi connectivity index (χ3n) is 0.523. The van der Waals surface area contributed by atoms with E-state index in [1.807, 2.05) is 0 Å². The minimum absolute atomic E-state index is 1.27. The second kappa shape index (κ2) is 2.50. The topological polar surface area (TPSA) is 35.5 Å². The van der Waals surface area contributed by atoms with Crippen molar-refractivity contribution in [2.45, 2.75) is 0 Å². The van der Waals surface area contributed by atoms with Crippen LogP contribution in [0.1, 0.15) is 0 Å². The summed E-state index contributed by atoms with van der Waals surface area (Å²) in [4.78, 5) is 0. The fourth-order valence-corrected chi connectivity index (χ4v) is 0.129. The summed E-state index contributed by atoms with van der Waals surface area (Å²) in [6, 6.07) is 0. The maximum Gasteiger partial charge on any atom is 0.312 e.